The number of carbonyl (C=O) groups is 1. The summed E-state index contributed by atoms with van der Waals surface area (Å²) in [6, 6.07) is 7.44. The normalized spacial score (nSPS) is 29.0. The maximum atomic E-state index is 12.8. The first-order valence-electron chi connectivity index (χ1n) is 8.33. The van der Waals surface area contributed by atoms with E-state index in [2.05, 4.69) is 18.6 Å². The van der Waals surface area contributed by atoms with E-state index in [0.29, 0.717) is 24.4 Å². The van der Waals surface area contributed by atoms with Crippen LogP contribution in [0.5, 0.6) is 0 Å². The number of hydrogen-bond donors (Lipinski definition) is 1. The number of sulfonamides is 1. The van der Waals surface area contributed by atoms with Crippen molar-refractivity contribution in [3.05, 3.63) is 29.8 Å². The summed E-state index contributed by atoms with van der Waals surface area (Å²) < 4.78 is 28.3. The van der Waals surface area contributed by atoms with E-state index in [0.717, 1.165) is 18.4 Å². The second kappa shape index (κ2) is 5.33. The van der Waals surface area contributed by atoms with Gasteiger partial charge in [-0.25, -0.2) is 8.42 Å². The molecule has 1 aromatic rings. The van der Waals surface area contributed by atoms with Crippen LogP contribution in [0, 0.1) is 16.7 Å². The fourth-order valence-corrected chi connectivity index (χ4v) is 6.50. The van der Waals surface area contributed by atoms with Gasteiger partial charge in [-0.15, -0.1) is 0 Å². The molecule has 23 heavy (non-hydrogen) atoms. The third-order valence-electron chi connectivity index (χ3n) is 6.24. The molecule has 2 saturated carbocycles. The second-order valence-corrected chi connectivity index (χ2v) is 9.26. The van der Waals surface area contributed by atoms with Crippen molar-refractivity contribution in [1.29, 1.82) is 0 Å². The van der Waals surface area contributed by atoms with Crippen molar-refractivity contribution in [3.63, 3.8) is 0 Å². The number of aryl methyl sites for hydroxylation is 1. The SMILES string of the molecule is CCc1ccccc1NS(=O)(=O)C[C@]12CC[C@@H](CC1=O)C2(C)C. The van der Waals surface area contributed by atoms with Gasteiger partial charge in [0.25, 0.3) is 0 Å². The van der Waals surface area contributed by atoms with Gasteiger partial charge in [0, 0.05) is 6.42 Å². The number of carbonyl (C=O) groups excluding carboxylic acids is 1. The Kier molecular flexibility index (Phi) is 3.82. The Morgan fingerprint density at radius 3 is 2.52 bits per heavy atom. The Labute approximate surface area is 138 Å². The minimum Gasteiger partial charge on any atom is -0.299 e. The molecule has 1 aromatic carbocycles. The highest BCUT2D eigenvalue weighted by Crippen LogP contribution is 2.64. The van der Waals surface area contributed by atoms with E-state index in [1.807, 2.05) is 25.1 Å². The molecule has 0 heterocycles. The molecular formula is C18H25NO3S. The average Bonchev–Trinajstić information content (AvgIpc) is 2.81. The summed E-state index contributed by atoms with van der Waals surface area (Å²) in [6.45, 7) is 6.12. The summed E-state index contributed by atoms with van der Waals surface area (Å²) in [7, 11) is -3.57. The minimum atomic E-state index is -3.57. The lowest BCUT2D eigenvalue weighted by Crippen LogP contribution is -2.43. The molecule has 3 rings (SSSR count). The van der Waals surface area contributed by atoms with Crippen LogP contribution in [-0.2, 0) is 21.2 Å². The first-order chi connectivity index (χ1) is 10.7. The van der Waals surface area contributed by atoms with E-state index in [-0.39, 0.29) is 17.0 Å². The zero-order valence-corrected chi connectivity index (χ0v) is 14.9. The summed E-state index contributed by atoms with van der Waals surface area (Å²) in [5.74, 6) is 0.362. The molecule has 2 atom stereocenters. The lowest BCUT2D eigenvalue weighted by atomic mass is 9.70. The molecule has 0 aromatic heterocycles. The first-order valence-corrected chi connectivity index (χ1v) is 9.99. The predicted octanol–water partition coefficient (Wildman–Crippen LogP) is 3.39. The zero-order chi connectivity index (χ0) is 16.9. The zero-order valence-electron chi connectivity index (χ0n) is 14.1. The monoisotopic (exact) mass is 335 g/mol. The summed E-state index contributed by atoms with van der Waals surface area (Å²) in [5, 5.41) is 0. The maximum absolute atomic E-state index is 12.8. The van der Waals surface area contributed by atoms with Crippen molar-refractivity contribution < 1.29 is 13.2 Å². The van der Waals surface area contributed by atoms with Crippen molar-refractivity contribution >= 4 is 21.5 Å². The van der Waals surface area contributed by atoms with E-state index < -0.39 is 15.4 Å². The number of para-hydroxylation sites is 1. The molecule has 2 bridgehead atoms. The number of hydrogen-bond acceptors (Lipinski definition) is 3. The summed E-state index contributed by atoms with van der Waals surface area (Å²) in [5.41, 5.74) is 0.646. The summed E-state index contributed by atoms with van der Waals surface area (Å²) in [4.78, 5) is 12.5. The van der Waals surface area contributed by atoms with Gasteiger partial charge >= 0.3 is 0 Å². The molecule has 126 valence electrons. The van der Waals surface area contributed by atoms with Gasteiger partial charge in [-0.2, -0.15) is 0 Å². The van der Waals surface area contributed by atoms with Crippen molar-refractivity contribution in [3.8, 4) is 0 Å². The van der Waals surface area contributed by atoms with E-state index in [1.54, 1.807) is 6.07 Å². The van der Waals surface area contributed by atoms with E-state index in [4.69, 9.17) is 0 Å². The minimum absolute atomic E-state index is 0.0968. The summed E-state index contributed by atoms with van der Waals surface area (Å²) >= 11 is 0. The number of ketones is 1. The van der Waals surface area contributed by atoms with Crippen molar-refractivity contribution in [2.45, 2.75) is 46.5 Å². The van der Waals surface area contributed by atoms with E-state index in [1.165, 1.54) is 0 Å². The Morgan fingerprint density at radius 2 is 1.96 bits per heavy atom. The van der Waals surface area contributed by atoms with Crippen LogP contribution in [0.1, 0.15) is 45.6 Å². The fraction of sp³-hybridized carbons (Fsp3) is 0.611. The number of nitrogens with one attached hydrogen (secondary N) is 1. The third kappa shape index (κ3) is 2.49. The Bertz CT molecular complexity index is 738. The molecule has 2 aliphatic carbocycles. The van der Waals surface area contributed by atoms with Gasteiger partial charge in [-0.1, -0.05) is 39.0 Å². The van der Waals surface area contributed by atoms with Gasteiger partial charge in [-0.3, -0.25) is 9.52 Å². The van der Waals surface area contributed by atoms with Crippen LogP contribution in [0.15, 0.2) is 24.3 Å². The molecule has 4 nitrogen and oxygen atoms in total. The third-order valence-corrected chi connectivity index (χ3v) is 7.64. The van der Waals surface area contributed by atoms with Crippen molar-refractivity contribution in [1.82, 2.24) is 0 Å². The van der Waals surface area contributed by atoms with Gasteiger partial charge in [0.2, 0.25) is 10.0 Å². The average molecular weight is 335 g/mol. The van der Waals surface area contributed by atoms with Crippen LogP contribution < -0.4 is 4.72 Å². The molecule has 1 N–H and O–H groups in total. The molecular weight excluding hydrogens is 310 g/mol. The number of anilines is 1. The van der Waals surface area contributed by atoms with Gasteiger partial charge in [-0.05, 0) is 42.2 Å². The van der Waals surface area contributed by atoms with Crippen molar-refractivity contribution in [2.75, 3.05) is 10.5 Å². The van der Waals surface area contributed by atoms with E-state index >= 15 is 0 Å². The van der Waals surface area contributed by atoms with Crippen LogP contribution in [0.4, 0.5) is 5.69 Å². The van der Waals surface area contributed by atoms with Gasteiger partial charge < -0.3 is 0 Å². The van der Waals surface area contributed by atoms with Crippen LogP contribution in [0.2, 0.25) is 0 Å². The highest BCUT2D eigenvalue weighted by Gasteiger charge is 2.65. The van der Waals surface area contributed by atoms with Crippen LogP contribution in [-0.4, -0.2) is 20.0 Å². The lowest BCUT2D eigenvalue weighted by molar-refractivity contribution is -0.128. The smallest absolute Gasteiger partial charge is 0.233 e. The molecule has 0 unspecified atom stereocenters. The van der Waals surface area contributed by atoms with Crippen LogP contribution >= 0.6 is 0 Å². The largest absolute Gasteiger partial charge is 0.299 e. The Hall–Kier alpha value is -1.36. The number of benzene rings is 1. The summed E-state index contributed by atoms with van der Waals surface area (Å²) in [6.07, 6.45) is 2.95. The predicted molar refractivity (Wildman–Crippen MR) is 91.8 cm³/mol. The number of rotatable bonds is 5. The standard InChI is InChI=1S/C18H25NO3S/c1-4-13-7-5-6-8-15(13)19-23(21,22)12-18-10-9-14(11-16(18)20)17(18,2)3/h5-8,14,19H,4,9-12H2,1-3H3/t14-,18+/m0/s1. The van der Waals surface area contributed by atoms with Crippen LogP contribution in [0.3, 0.4) is 0 Å². The molecule has 5 heteroatoms. The van der Waals surface area contributed by atoms with Crippen LogP contribution in [0.25, 0.3) is 0 Å². The van der Waals surface area contributed by atoms with Gasteiger partial charge in [0.15, 0.2) is 0 Å². The molecule has 0 radical (unpaired) electrons. The molecule has 0 spiro atoms. The lowest BCUT2D eigenvalue weighted by Gasteiger charge is -2.36. The van der Waals surface area contributed by atoms with E-state index in [9.17, 15) is 13.2 Å². The highest BCUT2D eigenvalue weighted by atomic mass is 32.2. The number of fused-ring (bicyclic) bond motifs is 2. The first kappa shape index (κ1) is 16.5. The Morgan fingerprint density at radius 1 is 1.26 bits per heavy atom. The molecule has 0 saturated heterocycles. The highest BCUT2D eigenvalue weighted by molar-refractivity contribution is 7.92. The maximum Gasteiger partial charge on any atom is 0.233 e. The Balaban J connectivity index is 1.88. The van der Waals surface area contributed by atoms with Gasteiger partial charge in [0.05, 0.1) is 16.9 Å². The van der Waals surface area contributed by atoms with Crippen molar-refractivity contribution in [2.24, 2.45) is 16.7 Å². The molecule has 2 aliphatic rings. The molecule has 0 aliphatic heterocycles. The second-order valence-electron chi connectivity index (χ2n) is 7.54. The van der Waals surface area contributed by atoms with Gasteiger partial charge in [0.1, 0.15) is 5.78 Å². The molecule has 2 fully saturated rings. The molecule has 0 amide bonds. The quantitative estimate of drug-likeness (QED) is 0.897. The topological polar surface area (TPSA) is 63.2 Å². The number of Topliss-reactive ketones (excluding diaryl/α,β-unsaturated/α-hetero) is 1. The fourth-order valence-electron chi connectivity index (χ4n) is 4.56.